The molecule has 0 aliphatic heterocycles. The average molecular weight is 347 g/mol. The summed E-state index contributed by atoms with van der Waals surface area (Å²) >= 11 is 0. The molecule has 0 atom stereocenters. The Kier molecular flexibility index (Phi) is 4.37. The van der Waals surface area contributed by atoms with Crippen molar-refractivity contribution in [2.75, 3.05) is 7.05 Å². The SMILES string of the molecule is CNCc1cccc(-c2ccn3nccc(Oc4ccccc4F)c23)c1. The Morgan fingerprint density at radius 1 is 1.04 bits per heavy atom. The van der Waals surface area contributed by atoms with Gasteiger partial charge in [0.05, 0.1) is 6.20 Å². The third-order valence-corrected chi connectivity index (χ3v) is 4.19. The average Bonchev–Trinajstić information content (AvgIpc) is 3.09. The summed E-state index contributed by atoms with van der Waals surface area (Å²) in [4.78, 5) is 0. The van der Waals surface area contributed by atoms with E-state index < -0.39 is 5.82 Å². The van der Waals surface area contributed by atoms with E-state index in [-0.39, 0.29) is 5.75 Å². The molecule has 4 rings (SSSR count). The summed E-state index contributed by atoms with van der Waals surface area (Å²) < 4.78 is 21.6. The summed E-state index contributed by atoms with van der Waals surface area (Å²) in [5, 5.41) is 7.50. The van der Waals surface area contributed by atoms with Crippen LogP contribution in [0.25, 0.3) is 16.6 Å². The summed E-state index contributed by atoms with van der Waals surface area (Å²) in [6, 6.07) is 18.4. The molecule has 0 bridgehead atoms. The fourth-order valence-corrected chi connectivity index (χ4v) is 3.03. The molecule has 0 aliphatic rings. The number of fused-ring (bicyclic) bond motifs is 1. The van der Waals surface area contributed by atoms with Crippen molar-refractivity contribution in [3.8, 4) is 22.6 Å². The first-order valence-electron chi connectivity index (χ1n) is 8.39. The van der Waals surface area contributed by atoms with Gasteiger partial charge in [-0.25, -0.2) is 8.91 Å². The number of hydrogen-bond donors (Lipinski definition) is 1. The first-order valence-corrected chi connectivity index (χ1v) is 8.39. The Balaban J connectivity index is 1.82. The van der Waals surface area contributed by atoms with E-state index in [1.54, 1.807) is 35.0 Å². The quantitative estimate of drug-likeness (QED) is 0.571. The second-order valence-corrected chi connectivity index (χ2v) is 5.98. The van der Waals surface area contributed by atoms with Gasteiger partial charge in [-0.15, -0.1) is 0 Å². The molecule has 0 radical (unpaired) electrons. The van der Waals surface area contributed by atoms with Crippen LogP contribution in [-0.2, 0) is 6.54 Å². The lowest BCUT2D eigenvalue weighted by Gasteiger charge is -2.10. The number of halogens is 1. The van der Waals surface area contributed by atoms with Gasteiger partial charge in [0, 0.05) is 24.4 Å². The van der Waals surface area contributed by atoms with Crippen LogP contribution in [0.5, 0.6) is 11.5 Å². The lowest BCUT2D eigenvalue weighted by molar-refractivity contribution is 0.444. The second kappa shape index (κ2) is 6.98. The lowest BCUT2D eigenvalue weighted by Crippen LogP contribution is -2.04. The Morgan fingerprint density at radius 2 is 1.92 bits per heavy atom. The van der Waals surface area contributed by atoms with Gasteiger partial charge in [0.1, 0.15) is 5.52 Å². The van der Waals surface area contributed by atoms with Gasteiger partial charge in [-0.05, 0) is 42.4 Å². The van der Waals surface area contributed by atoms with E-state index in [1.807, 2.05) is 31.4 Å². The van der Waals surface area contributed by atoms with Crippen molar-refractivity contribution >= 4 is 5.52 Å². The van der Waals surface area contributed by atoms with Crippen LogP contribution < -0.4 is 10.1 Å². The minimum atomic E-state index is -0.397. The predicted molar refractivity (Wildman–Crippen MR) is 99.9 cm³/mol. The Labute approximate surface area is 150 Å². The van der Waals surface area contributed by atoms with Crippen LogP contribution in [-0.4, -0.2) is 16.7 Å². The minimum Gasteiger partial charge on any atom is -0.452 e. The summed E-state index contributed by atoms with van der Waals surface area (Å²) in [5.41, 5.74) is 4.04. The number of ether oxygens (including phenoxy) is 1. The zero-order valence-corrected chi connectivity index (χ0v) is 14.3. The molecular weight excluding hydrogens is 329 g/mol. The number of aromatic nitrogens is 2. The summed E-state index contributed by atoms with van der Waals surface area (Å²) in [6.45, 7) is 0.788. The fourth-order valence-electron chi connectivity index (χ4n) is 3.03. The Morgan fingerprint density at radius 3 is 2.77 bits per heavy atom. The van der Waals surface area contributed by atoms with Crippen LogP contribution >= 0.6 is 0 Å². The maximum Gasteiger partial charge on any atom is 0.165 e. The van der Waals surface area contributed by atoms with Gasteiger partial charge in [0.15, 0.2) is 17.3 Å². The molecule has 2 aromatic heterocycles. The van der Waals surface area contributed by atoms with Crippen LogP contribution in [0.2, 0.25) is 0 Å². The van der Waals surface area contributed by atoms with Gasteiger partial charge in [-0.2, -0.15) is 5.10 Å². The van der Waals surface area contributed by atoms with Gasteiger partial charge in [-0.1, -0.05) is 30.3 Å². The molecule has 0 amide bonds. The van der Waals surface area contributed by atoms with Crippen molar-refractivity contribution in [2.45, 2.75) is 6.54 Å². The van der Waals surface area contributed by atoms with Gasteiger partial charge >= 0.3 is 0 Å². The molecule has 2 heterocycles. The molecule has 0 spiro atoms. The minimum absolute atomic E-state index is 0.191. The van der Waals surface area contributed by atoms with E-state index in [0.717, 1.165) is 23.2 Å². The van der Waals surface area contributed by atoms with Gasteiger partial charge in [0.25, 0.3) is 0 Å². The number of nitrogens with one attached hydrogen (secondary N) is 1. The first kappa shape index (κ1) is 16.3. The molecule has 0 saturated heterocycles. The predicted octanol–water partition coefficient (Wildman–Crippen LogP) is 4.65. The molecule has 0 unspecified atom stereocenters. The zero-order chi connectivity index (χ0) is 17.9. The van der Waals surface area contributed by atoms with E-state index in [1.165, 1.54) is 11.6 Å². The molecule has 0 aliphatic carbocycles. The van der Waals surface area contributed by atoms with Crippen LogP contribution in [0.3, 0.4) is 0 Å². The highest BCUT2D eigenvalue weighted by molar-refractivity contribution is 5.85. The molecular formula is C21H18FN3O. The van der Waals surface area contributed by atoms with E-state index in [0.29, 0.717) is 5.75 Å². The molecule has 1 N–H and O–H groups in total. The molecule has 5 heteroatoms. The van der Waals surface area contributed by atoms with Crippen LogP contribution in [0, 0.1) is 5.82 Å². The maximum absolute atomic E-state index is 14.0. The molecule has 4 nitrogen and oxygen atoms in total. The maximum atomic E-state index is 14.0. The van der Waals surface area contributed by atoms with Crippen molar-refractivity contribution in [2.24, 2.45) is 0 Å². The number of rotatable bonds is 5. The molecule has 4 aromatic rings. The summed E-state index contributed by atoms with van der Waals surface area (Å²) in [6.07, 6.45) is 3.52. The summed E-state index contributed by atoms with van der Waals surface area (Å²) in [5.74, 6) is 0.354. The highest BCUT2D eigenvalue weighted by atomic mass is 19.1. The van der Waals surface area contributed by atoms with E-state index in [2.05, 4.69) is 22.5 Å². The number of para-hydroxylation sites is 1. The monoisotopic (exact) mass is 347 g/mol. The fraction of sp³-hybridized carbons (Fsp3) is 0.0952. The third kappa shape index (κ3) is 3.05. The number of hydrogen-bond acceptors (Lipinski definition) is 3. The van der Waals surface area contributed by atoms with E-state index >= 15 is 0 Å². The van der Waals surface area contributed by atoms with Crippen molar-refractivity contribution in [1.29, 1.82) is 0 Å². The van der Waals surface area contributed by atoms with Crippen LogP contribution in [0.4, 0.5) is 4.39 Å². The highest BCUT2D eigenvalue weighted by Crippen LogP contribution is 2.35. The van der Waals surface area contributed by atoms with Crippen molar-refractivity contribution in [3.63, 3.8) is 0 Å². The molecule has 130 valence electrons. The van der Waals surface area contributed by atoms with Crippen LogP contribution in [0.1, 0.15) is 5.56 Å². The van der Waals surface area contributed by atoms with Crippen molar-refractivity contribution in [1.82, 2.24) is 14.9 Å². The zero-order valence-electron chi connectivity index (χ0n) is 14.3. The van der Waals surface area contributed by atoms with Crippen molar-refractivity contribution < 1.29 is 9.13 Å². The normalized spacial score (nSPS) is 11.0. The molecule has 0 saturated carbocycles. The van der Waals surface area contributed by atoms with E-state index in [9.17, 15) is 4.39 Å². The highest BCUT2D eigenvalue weighted by Gasteiger charge is 2.14. The Bertz CT molecular complexity index is 1060. The smallest absolute Gasteiger partial charge is 0.165 e. The third-order valence-electron chi connectivity index (χ3n) is 4.19. The lowest BCUT2D eigenvalue weighted by atomic mass is 10.0. The summed E-state index contributed by atoms with van der Waals surface area (Å²) in [7, 11) is 1.92. The van der Waals surface area contributed by atoms with E-state index in [4.69, 9.17) is 4.74 Å². The van der Waals surface area contributed by atoms with Gasteiger partial charge < -0.3 is 10.1 Å². The Hall–Kier alpha value is -3.18. The topological polar surface area (TPSA) is 38.6 Å². The van der Waals surface area contributed by atoms with Crippen LogP contribution in [0.15, 0.2) is 73.1 Å². The molecule has 0 fully saturated rings. The first-order chi connectivity index (χ1) is 12.8. The van der Waals surface area contributed by atoms with Crippen molar-refractivity contribution in [3.05, 3.63) is 84.4 Å². The number of nitrogens with zero attached hydrogens (tertiary/aromatic N) is 2. The largest absolute Gasteiger partial charge is 0.452 e. The second-order valence-electron chi connectivity index (χ2n) is 5.98. The van der Waals surface area contributed by atoms with Gasteiger partial charge in [-0.3, -0.25) is 0 Å². The molecule has 2 aromatic carbocycles. The van der Waals surface area contributed by atoms with Gasteiger partial charge in [0.2, 0.25) is 0 Å². The standard InChI is InChI=1S/C21H18FN3O/c1-23-14-15-5-4-6-16(13-15)17-10-12-25-21(17)20(9-11-24-25)26-19-8-3-2-7-18(19)22/h2-13,23H,14H2,1H3. The number of benzene rings is 2. The molecule has 26 heavy (non-hydrogen) atoms.